The molecule has 126 valence electrons. The molecule has 0 bridgehead atoms. The number of para-hydroxylation sites is 1. The van der Waals surface area contributed by atoms with E-state index < -0.39 is 5.97 Å². The van der Waals surface area contributed by atoms with Gasteiger partial charge in [0.25, 0.3) is 0 Å². The zero-order chi connectivity index (χ0) is 16.8. The summed E-state index contributed by atoms with van der Waals surface area (Å²) >= 11 is 0. The summed E-state index contributed by atoms with van der Waals surface area (Å²) in [7, 11) is 0. The van der Waals surface area contributed by atoms with Crippen molar-refractivity contribution in [3.8, 4) is 0 Å². The minimum Gasteiger partial charge on any atom is -0.481 e. The van der Waals surface area contributed by atoms with Gasteiger partial charge in [-0.25, -0.2) is 4.79 Å². The number of carbonyl (C=O) groups is 2. The van der Waals surface area contributed by atoms with Gasteiger partial charge in [0.15, 0.2) is 0 Å². The number of carboxylic acid groups (broad SMARTS) is 1. The van der Waals surface area contributed by atoms with Gasteiger partial charge in [-0.05, 0) is 49.7 Å². The summed E-state index contributed by atoms with van der Waals surface area (Å²) in [6.07, 6.45) is 4.44. The van der Waals surface area contributed by atoms with Crippen molar-refractivity contribution >= 4 is 17.7 Å². The van der Waals surface area contributed by atoms with Crippen LogP contribution in [0.1, 0.15) is 50.7 Å². The van der Waals surface area contributed by atoms with Crippen LogP contribution in [0.3, 0.4) is 0 Å². The number of aliphatic carboxylic acids is 1. The fourth-order valence-corrected chi connectivity index (χ4v) is 3.22. The second-order valence-electron chi connectivity index (χ2n) is 6.14. The van der Waals surface area contributed by atoms with Gasteiger partial charge < -0.3 is 15.7 Å². The molecule has 0 aromatic heterocycles. The molecular weight excluding hydrogens is 292 g/mol. The topological polar surface area (TPSA) is 78.4 Å². The van der Waals surface area contributed by atoms with Crippen LogP contribution >= 0.6 is 0 Å². The molecule has 2 rings (SSSR count). The predicted molar refractivity (Wildman–Crippen MR) is 90.7 cm³/mol. The SMILES string of the molecule is CCc1cccc(CC)c1NC(=O)NC1CCC(C(=O)O)CC1. The number of carbonyl (C=O) groups excluding carboxylic acids is 1. The van der Waals surface area contributed by atoms with Gasteiger partial charge in [0, 0.05) is 11.7 Å². The Morgan fingerprint density at radius 1 is 1.09 bits per heavy atom. The second kappa shape index (κ2) is 7.99. The summed E-state index contributed by atoms with van der Waals surface area (Å²) in [5, 5.41) is 15.0. The standard InChI is InChI=1S/C18H26N2O3/c1-3-12-6-5-7-13(4-2)16(12)20-18(23)19-15-10-8-14(9-11-15)17(21)22/h5-7,14-15H,3-4,8-11H2,1-2H3,(H,21,22)(H2,19,20,23). The summed E-state index contributed by atoms with van der Waals surface area (Å²) in [5.41, 5.74) is 3.18. The molecule has 1 aromatic rings. The van der Waals surface area contributed by atoms with E-state index in [1.165, 1.54) is 0 Å². The van der Waals surface area contributed by atoms with Crippen LogP contribution in [0.4, 0.5) is 10.5 Å². The molecule has 1 fully saturated rings. The number of anilines is 1. The fraction of sp³-hybridized carbons (Fsp3) is 0.556. The number of benzene rings is 1. The fourth-order valence-electron chi connectivity index (χ4n) is 3.22. The number of rotatable bonds is 5. The van der Waals surface area contributed by atoms with E-state index in [2.05, 4.69) is 24.5 Å². The van der Waals surface area contributed by atoms with Gasteiger partial charge in [0.05, 0.1) is 5.92 Å². The van der Waals surface area contributed by atoms with Crippen LogP contribution in [0.25, 0.3) is 0 Å². The number of amides is 2. The Balaban J connectivity index is 1.94. The van der Waals surface area contributed by atoms with Crippen LogP contribution in [0.5, 0.6) is 0 Å². The van der Waals surface area contributed by atoms with Crippen LogP contribution < -0.4 is 10.6 Å². The number of carboxylic acids is 1. The second-order valence-corrected chi connectivity index (χ2v) is 6.14. The van der Waals surface area contributed by atoms with E-state index in [1.54, 1.807) is 0 Å². The first-order valence-electron chi connectivity index (χ1n) is 8.46. The Hall–Kier alpha value is -2.04. The van der Waals surface area contributed by atoms with E-state index in [4.69, 9.17) is 5.11 Å². The van der Waals surface area contributed by atoms with Crippen molar-refractivity contribution in [2.75, 3.05) is 5.32 Å². The van der Waals surface area contributed by atoms with Crippen molar-refractivity contribution in [2.24, 2.45) is 5.92 Å². The third kappa shape index (κ3) is 4.47. The molecule has 0 radical (unpaired) electrons. The van der Waals surface area contributed by atoms with Crippen molar-refractivity contribution in [1.82, 2.24) is 5.32 Å². The summed E-state index contributed by atoms with van der Waals surface area (Å²) in [4.78, 5) is 23.3. The molecule has 0 unspecified atom stereocenters. The molecule has 0 aliphatic heterocycles. The molecule has 1 aliphatic rings. The monoisotopic (exact) mass is 318 g/mol. The molecule has 0 heterocycles. The van der Waals surface area contributed by atoms with Gasteiger partial charge in [-0.2, -0.15) is 0 Å². The number of nitrogens with one attached hydrogen (secondary N) is 2. The molecule has 0 spiro atoms. The zero-order valence-electron chi connectivity index (χ0n) is 13.9. The van der Waals surface area contributed by atoms with E-state index >= 15 is 0 Å². The van der Waals surface area contributed by atoms with Crippen LogP contribution in [0, 0.1) is 5.92 Å². The van der Waals surface area contributed by atoms with Crippen molar-refractivity contribution in [3.63, 3.8) is 0 Å². The van der Waals surface area contributed by atoms with Gasteiger partial charge in [-0.1, -0.05) is 32.0 Å². The van der Waals surface area contributed by atoms with Gasteiger partial charge in [0.1, 0.15) is 0 Å². The number of aryl methyl sites for hydroxylation is 2. The first-order valence-corrected chi connectivity index (χ1v) is 8.46. The highest BCUT2D eigenvalue weighted by molar-refractivity contribution is 5.91. The Labute approximate surface area is 137 Å². The smallest absolute Gasteiger partial charge is 0.319 e. The molecule has 5 nitrogen and oxygen atoms in total. The lowest BCUT2D eigenvalue weighted by molar-refractivity contribution is -0.142. The van der Waals surface area contributed by atoms with E-state index in [9.17, 15) is 9.59 Å². The molecule has 0 saturated heterocycles. The lowest BCUT2D eigenvalue weighted by atomic mass is 9.86. The maximum atomic E-state index is 12.3. The first-order chi connectivity index (χ1) is 11.0. The number of hydrogen-bond donors (Lipinski definition) is 3. The minimum atomic E-state index is -0.725. The highest BCUT2D eigenvalue weighted by Crippen LogP contribution is 2.25. The van der Waals surface area contributed by atoms with Crippen molar-refractivity contribution in [1.29, 1.82) is 0 Å². The third-order valence-electron chi connectivity index (χ3n) is 4.65. The average molecular weight is 318 g/mol. The lowest BCUT2D eigenvalue weighted by Gasteiger charge is -2.27. The number of hydrogen-bond acceptors (Lipinski definition) is 2. The highest BCUT2D eigenvalue weighted by atomic mass is 16.4. The highest BCUT2D eigenvalue weighted by Gasteiger charge is 2.26. The molecule has 23 heavy (non-hydrogen) atoms. The van der Waals surface area contributed by atoms with Crippen LogP contribution in [0.15, 0.2) is 18.2 Å². The molecule has 2 amide bonds. The summed E-state index contributed by atoms with van der Waals surface area (Å²) < 4.78 is 0. The largest absolute Gasteiger partial charge is 0.481 e. The Morgan fingerprint density at radius 2 is 1.65 bits per heavy atom. The summed E-state index contributed by atoms with van der Waals surface area (Å²) in [6, 6.07) is 5.96. The van der Waals surface area contributed by atoms with Gasteiger partial charge >= 0.3 is 12.0 Å². The average Bonchev–Trinajstić information content (AvgIpc) is 2.55. The third-order valence-corrected chi connectivity index (χ3v) is 4.65. The molecular formula is C18H26N2O3. The predicted octanol–water partition coefficient (Wildman–Crippen LogP) is 3.58. The summed E-state index contributed by atoms with van der Waals surface area (Å²) in [6.45, 7) is 4.15. The molecule has 3 N–H and O–H groups in total. The van der Waals surface area contributed by atoms with Crippen molar-refractivity contribution in [2.45, 2.75) is 58.4 Å². The van der Waals surface area contributed by atoms with E-state index in [0.717, 1.165) is 42.5 Å². The quantitative estimate of drug-likeness (QED) is 0.776. The maximum absolute atomic E-state index is 12.3. The Bertz CT molecular complexity index is 541. The van der Waals surface area contributed by atoms with Gasteiger partial charge in [0.2, 0.25) is 0 Å². The molecule has 1 aliphatic carbocycles. The minimum absolute atomic E-state index is 0.0597. The van der Waals surface area contributed by atoms with E-state index in [1.807, 2.05) is 18.2 Å². The van der Waals surface area contributed by atoms with Crippen LogP contribution in [-0.4, -0.2) is 23.1 Å². The van der Waals surface area contributed by atoms with Gasteiger partial charge in [-0.3, -0.25) is 4.79 Å². The number of urea groups is 1. The lowest BCUT2D eigenvalue weighted by Crippen LogP contribution is -2.41. The molecule has 1 saturated carbocycles. The Kier molecular flexibility index (Phi) is 6.02. The Morgan fingerprint density at radius 3 is 2.13 bits per heavy atom. The first kappa shape index (κ1) is 17.3. The molecule has 1 aromatic carbocycles. The molecule has 5 heteroatoms. The van der Waals surface area contributed by atoms with Gasteiger partial charge in [-0.15, -0.1) is 0 Å². The maximum Gasteiger partial charge on any atom is 0.319 e. The van der Waals surface area contributed by atoms with Crippen molar-refractivity contribution in [3.05, 3.63) is 29.3 Å². The van der Waals surface area contributed by atoms with E-state index in [0.29, 0.717) is 12.8 Å². The zero-order valence-corrected chi connectivity index (χ0v) is 13.9. The van der Waals surface area contributed by atoms with E-state index in [-0.39, 0.29) is 18.0 Å². The normalized spacial score (nSPS) is 20.8. The van der Waals surface area contributed by atoms with Crippen LogP contribution in [0.2, 0.25) is 0 Å². The van der Waals surface area contributed by atoms with Crippen LogP contribution in [-0.2, 0) is 17.6 Å². The summed E-state index contributed by atoms with van der Waals surface area (Å²) in [5.74, 6) is -0.985. The van der Waals surface area contributed by atoms with Crippen molar-refractivity contribution < 1.29 is 14.7 Å². The molecule has 0 atom stereocenters.